The minimum Gasteiger partial charge on any atom is -0.481 e. The monoisotopic (exact) mass is 210 g/mol. The number of rotatable bonds is 4. The van der Waals surface area contributed by atoms with Crippen molar-refractivity contribution in [2.24, 2.45) is 0 Å². The molecule has 0 aromatic heterocycles. The zero-order valence-corrected chi connectivity index (χ0v) is 8.24. The smallest absolute Gasteiger partial charge is 0.311 e. The van der Waals surface area contributed by atoms with Crippen molar-refractivity contribution in [2.45, 2.75) is 19.3 Å². The predicted octanol–water partition coefficient (Wildman–Crippen LogP) is 2.22. The van der Waals surface area contributed by atoms with Crippen LogP contribution in [0.2, 0.25) is 0 Å². The first kappa shape index (κ1) is 11.4. The molecule has 0 amide bonds. The van der Waals surface area contributed by atoms with Gasteiger partial charge in [0, 0.05) is 11.1 Å². The lowest BCUT2D eigenvalue weighted by molar-refractivity contribution is -0.138. The van der Waals surface area contributed by atoms with Crippen molar-refractivity contribution < 1.29 is 19.1 Å². The maximum atomic E-state index is 13.4. The molecule has 1 aromatic rings. The fraction of sp³-hybridized carbons (Fsp3) is 0.273. The number of carboxylic acids is 1. The van der Waals surface area contributed by atoms with Crippen molar-refractivity contribution >= 4 is 12.3 Å². The third-order valence-electron chi connectivity index (χ3n) is 2.24. The summed E-state index contributed by atoms with van der Waals surface area (Å²) in [6.07, 6.45) is 0.835. The standard InChI is InChI=1S/C11H11FO3/c1-2-8(11(14)15)9-4-3-7(6-13)5-10(9)12/h3-6,8H,2H2,1H3,(H,14,15). The van der Waals surface area contributed by atoms with Gasteiger partial charge in [-0.1, -0.05) is 19.1 Å². The summed E-state index contributed by atoms with van der Waals surface area (Å²) in [5.41, 5.74) is 0.326. The largest absolute Gasteiger partial charge is 0.481 e. The molecule has 0 saturated heterocycles. The Kier molecular flexibility index (Phi) is 3.55. The molecule has 1 unspecified atom stereocenters. The number of halogens is 1. The quantitative estimate of drug-likeness (QED) is 0.775. The zero-order chi connectivity index (χ0) is 11.4. The van der Waals surface area contributed by atoms with E-state index in [-0.39, 0.29) is 11.1 Å². The number of carbonyl (C=O) groups excluding carboxylic acids is 1. The van der Waals surface area contributed by atoms with E-state index >= 15 is 0 Å². The van der Waals surface area contributed by atoms with Crippen LogP contribution in [-0.2, 0) is 4.79 Å². The number of carbonyl (C=O) groups is 2. The molecular weight excluding hydrogens is 199 g/mol. The van der Waals surface area contributed by atoms with Crippen molar-refractivity contribution in [1.29, 1.82) is 0 Å². The molecule has 0 aliphatic heterocycles. The molecular formula is C11H11FO3. The molecule has 0 aliphatic carbocycles. The van der Waals surface area contributed by atoms with Gasteiger partial charge in [0.2, 0.25) is 0 Å². The Balaban J connectivity index is 3.14. The molecule has 80 valence electrons. The predicted molar refractivity (Wildman–Crippen MR) is 52.5 cm³/mol. The molecule has 1 N–H and O–H groups in total. The lowest BCUT2D eigenvalue weighted by Gasteiger charge is -2.11. The topological polar surface area (TPSA) is 54.4 Å². The van der Waals surface area contributed by atoms with Gasteiger partial charge < -0.3 is 5.11 Å². The molecule has 0 radical (unpaired) electrons. The average molecular weight is 210 g/mol. The molecule has 0 spiro atoms. The van der Waals surface area contributed by atoms with E-state index in [1.807, 2.05) is 0 Å². The number of hydrogen-bond donors (Lipinski definition) is 1. The van der Waals surface area contributed by atoms with Gasteiger partial charge in [-0.05, 0) is 12.5 Å². The minimum absolute atomic E-state index is 0.121. The fourth-order valence-corrected chi connectivity index (χ4v) is 1.43. The summed E-state index contributed by atoms with van der Waals surface area (Å²) in [5.74, 6) is -2.56. The van der Waals surface area contributed by atoms with Gasteiger partial charge in [0.1, 0.15) is 12.1 Å². The van der Waals surface area contributed by atoms with Gasteiger partial charge in [0.25, 0.3) is 0 Å². The van der Waals surface area contributed by atoms with Crippen LogP contribution in [0.1, 0.15) is 35.2 Å². The molecule has 0 bridgehead atoms. The molecule has 1 aromatic carbocycles. The average Bonchev–Trinajstić information content (AvgIpc) is 2.20. The third-order valence-corrected chi connectivity index (χ3v) is 2.24. The van der Waals surface area contributed by atoms with Crippen LogP contribution in [0.3, 0.4) is 0 Å². The molecule has 0 saturated carbocycles. The van der Waals surface area contributed by atoms with E-state index in [1.165, 1.54) is 12.1 Å². The molecule has 0 aliphatic rings. The fourth-order valence-electron chi connectivity index (χ4n) is 1.43. The summed E-state index contributed by atoms with van der Waals surface area (Å²) >= 11 is 0. The van der Waals surface area contributed by atoms with E-state index in [0.717, 1.165) is 6.07 Å². The van der Waals surface area contributed by atoms with Crippen molar-refractivity contribution in [2.75, 3.05) is 0 Å². The second-order valence-corrected chi connectivity index (χ2v) is 3.20. The van der Waals surface area contributed by atoms with Gasteiger partial charge in [-0.2, -0.15) is 0 Å². The van der Waals surface area contributed by atoms with Crippen LogP contribution < -0.4 is 0 Å². The highest BCUT2D eigenvalue weighted by Gasteiger charge is 2.20. The number of aliphatic carboxylic acids is 1. The Labute approximate surface area is 86.5 Å². The van der Waals surface area contributed by atoms with Gasteiger partial charge in [-0.15, -0.1) is 0 Å². The van der Waals surface area contributed by atoms with E-state index in [9.17, 15) is 14.0 Å². The van der Waals surface area contributed by atoms with Crippen molar-refractivity contribution in [3.63, 3.8) is 0 Å². The summed E-state index contributed by atoms with van der Waals surface area (Å²) < 4.78 is 13.4. The highest BCUT2D eigenvalue weighted by molar-refractivity contribution is 5.78. The lowest BCUT2D eigenvalue weighted by Crippen LogP contribution is -2.12. The SMILES string of the molecule is CCC(C(=O)O)c1ccc(C=O)cc1F. The summed E-state index contributed by atoms with van der Waals surface area (Å²) in [5, 5.41) is 8.84. The van der Waals surface area contributed by atoms with Gasteiger partial charge in [-0.3, -0.25) is 9.59 Å². The Hall–Kier alpha value is -1.71. The Morgan fingerprint density at radius 2 is 2.27 bits per heavy atom. The van der Waals surface area contributed by atoms with E-state index < -0.39 is 17.7 Å². The highest BCUT2D eigenvalue weighted by atomic mass is 19.1. The lowest BCUT2D eigenvalue weighted by atomic mass is 9.95. The van der Waals surface area contributed by atoms with Crippen LogP contribution in [0.25, 0.3) is 0 Å². The summed E-state index contributed by atoms with van der Waals surface area (Å²) in [7, 11) is 0. The third kappa shape index (κ3) is 2.40. The molecule has 0 fully saturated rings. The second kappa shape index (κ2) is 4.68. The number of aldehydes is 1. The minimum atomic E-state index is -1.06. The summed E-state index contributed by atoms with van der Waals surface area (Å²) in [6, 6.07) is 3.81. The van der Waals surface area contributed by atoms with Gasteiger partial charge in [-0.25, -0.2) is 4.39 Å². The van der Waals surface area contributed by atoms with Crippen LogP contribution in [0.4, 0.5) is 4.39 Å². The van der Waals surface area contributed by atoms with E-state index in [2.05, 4.69) is 0 Å². The van der Waals surface area contributed by atoms with Gasteiger partial charge >= 0.3 is 5.97 Å². The van der Waals surface area contributed by atoms with E-state index in [4.69, 9.17) is 5.11 Å². The van der Waals surface area contributed by atoms with Gasteiger partial charge in [0.05, 0.1) is 5.92 Å². The maximum absolute atomic E-state index is 13.4. The molecule has 1 rings (SSSR count). The number of carboxylic acid groups (broad SMARTS) is 1. The summed E-state index contributed by atoms with van der Waals surface area (Å²) in [6.45, 7) is 1.67. The Morgan fingerprint density at radius 3 is 2.67 bits per heavy atom. The number of benzene rings is 1. The van der Waals surface area contributed by atoms with E-state index in [1.54, 1.807) is 6.92 Å². The van der Waals surface area contributed by atoms with Crippen LogP contribution in [-0.4, -0.2) is 17.4 Å². The first-order valence-corrected chi connectivity index (χ1v) is 4.57. The zero-order valence-electron chi connectivity index (χ0n) is 8.24. The molecule has 1 atom stereocenters. The van der Waals surface area contributed by atoms with Crippen molar-refractivity contribution in [3.8, 4) is 0 Å². The van der Waals surface area contributed by atoms with Crippen LogP contribution >= 0.6 is 0 Å². The van der Waals surface area contributed by atoms with Crippen LogP contribution in [0.5, 0.6) is 0 Å². The number of hydrogen-bond acceptors (Lipinski definition) is 2. The maximum Gasteiger partial charge on any atom is 0.311 e. The van der Waals surface area contributed by atoms with Crippen molar-refractivity contribution in [3.05, 3.63) is 35.1 Å². The molecule has 3 nitrogen and oxygen atoms in total. The van der Waals surface area contributed by atoms with Gasteiger partial charge in [0.15, 0.2) is 0 Å². The highest BCUT2D eigenvalue weighted by Crippen LogP contribution is 2.23. The first-order chi connectivity index (χ1) is 7.10. The van der Waals surface area contributed by atoms with E-state index in [0.29, 0.717) is 12.7 Å². The van der Waals surface area contributed by atoms with Crippen molar-refractivity contribution in [1.82, 2.24) is 0 Å². The molecule has 0 heterocycles. The Bertz CT molecular complexity index is 387. The first-order valence-electron chi connectivity index (χ1n) is 4.57. The Morgan fingerprint density at radius 1 is 1.60 bits per heavy atom. The normalized spacial score (nSPS) is 12.1. The second-order valence-electron chi connectivity index (χ2n) is 3.20. The van der Waals surface area contributed by atoms with Crippen LogP contribution in [0, 0.1) is 5.82 Å². The molecule has 15 heavy (non-hydrogen) atoms. The summed E-state index contributed by atoms with van der Waals surface area (Å²) in [4.78, 5) is 21.2. The van der Waals surface area contributed by atoms with Crippen LogP contribution in [0.15, 0.2) is 18.2 Å². The molecule has 4 heteroatoms.